The molecule has 0 unspecified atom stereocenters. The number of H-pyrrole nitrogens is 1. The van der Waals surface area contributed by atoms with Crippen LogP contribution in [0.15, 0.2) is 35.1 Å². The van der Waals surface area contributed by atoms with Crippen molar-refractivity contribution in [2.24, 2.45) is 5.92 Å². The molecule has 0 bridgehead atoms. The summed E-state index contributed by atoms with van der Waals surface area (Å²) in [7, 11) is 1.37. The van der Waals surface area contributed by atoms with Gasteiger partial charge >= 0.3 is 11.7 Å². The normalized spacial score (nSPS) is 13.1. The lowest BCUT2D eigenvalue weighted by molar-refractivity contribution is -0.122. The van der Waals surface area contributed by atoms with Gasteiger partial charge in [0.1, 0.15) is 11.3 Å². The highest BCUT2D eigenvalue weighted by atomic mass is 35.5. The van der Waals surface area contributed by atoms with E-state index in [1.807, 2.05) is 0 Å². The number of carboxylic acids is 1. The van der Waals surface area contributed by atoms with Crippen LogP contribution in [0.1, 0.15) is 34.3 Å². The number of aromatic amines is 1. The van der Waals surface area contributed by atoms with Crippen LogP contribution in [0.2, 0.25) is 5.02 Å². The van der Waals surface area contributed by atoms with Gasteiger partial charge in [0, 0.05) is 23.6 Å². The van der Waals surface area contributed by atoms with Gasteiger partial charge in [-0.15, -0.1) is 5.10 Å². The first-order valence-electron chi connectivity index (χ1n) is 9.97. The topological polar surface area (TPSA) is 126 Å². The molecule has 3 N–H and O–H groups in total. The molecule has 3 aromatic rings. The highest BCUT2D eigenvalue weighted by molar-refractivity contribution is 6.33. The number of carbonyl (C=O) groups is 2. The van der Waals surface area contributed by atoms with E-state index in [4.69, 9.17) is 16.3 Å². The Labute approximate surface area is 188 Å². The average Bonchev–Trinajstić information content (AvgIpc) is 3.55. The predicted molar refractivity (Wildman–Crippen MR) is 117 cm³/mol. The van der Waals surface area contributed by atoms with Gasteiger partial charge in [0.05, 0.1) is 17.8 Å². The van der Waals surface area contributed by atoms with Gasteiger partial charge < -0.3 is 15.2 Å². The molecule has 166 valence electrons. The van der Waals surface area contributed by atoms with Gasteiger partial charge in [0.25, 0.3) is 0 Å². The maximum Gasteiger partial charge on any atom is 0.348 e. The Morgan fingerprint density at radius 2 is 2.06 bits per heavy atom. The number of methoxy groups -OCH3 is 1. The molecule has 0 radical (unpaired) electrons. The van der Waals surface area contributed by atoms with Crippen LogP contribution in [-0.4, -0.2) is 38.9 Å². The first-order valence-corrected chi connectivity index (χ1v) is 10.3. The fourth-order valence-electron chi connectivity index (χ4n) is 3.49. The zero-order valence-corrected chi connectivity index (χ0v) is 18.2. The second-order valence-electron chi connectivity index (χ2n) is 7.59. The molecule has 0 spiro atoms. The smallest absolute Gasteiger partial charge is 0.348 e. The summed E-state index contributed by atoms with van der Waals surface area (Å²) in [6.07, 6.45) is 1.85. The number of hydrogen-bond donors (Lipinski definition) is 3. The Balaban J connectivity index is 1.68. The number of halogens is 1. The van der Waals surface area contributed by atoms with Crippen LogP contribution in [0.25, 0.3) is 17.1 Å². The standard InChI is InChI=1S/C22H21ClN4O5/c1-11-17(8-6-14(21(29)30)18(11)32-2)27-22(31)25-19(26-27)15-9-12(3-7-16(15)23)10-24-20(28)13-4-5-13/h3,6-9,13H,4-5,10H2,1-2H3,(H,24,28)(H,29,30)(H,25,26,31). The van der Waals surface area contributed by atoms with Gasteiger partial charge in [-0.3, -0.25) is 9.78 Å². The largest absolute Gasteiger partial charge is 0.495 e. The lowest BCUT2D eigenvalue weighted by atomic mass is 10.1. The van der Waals surface area contributed by atoms with Crippen molar-refractivity contribution >= 4 is 23.5 Å². The second kappa shape index (κ2) is 8.51. The van der Waals surface area contributed by atoms with Crippen molar-refractivity contribution in [3.63, 3.8) is 0 Å². The number of nitrogens with one attached hydrogen (secondary N) is 2. The molecule has 1 saturated carbocycles. The Morgan fingerprint density at radius 3 is 2.72 bits per heavy atom. The molecule has 32 heavy (non-hydrogen) atoms. The minimum Gasteiger partial charge on any atom is -0.495 e. The molecule has 0 atom stereocenters. The summed E-state index contributed by atoms with van der Waals surface area (Å²) in [5.41, 5.74) is 1.63. The zero-order chi connectivity index (χ0) is 23.0. The van der Waals surface area contributed by atoms with Crippen molar-refractivity contribution in [3.8, 4) is 22.8 Å². The van der Waals surface area contributed by atoms with E-state index in [0.29, 0.717) is 28.4 Å². The molecule has 1 heterocycles. The van der Waals surface area contributed by atoms with Gasteiger partial charge in [0.15, 0.2) is 5.82 Å². The summed E-state index contributed by atoms with van der Waals surface area (Å²) < 4.78 is 6.38. The molecule has 4 rings (SSSR count). The number of aromatic nitrogens is 3. The van der Waals surface area contributed by atoms with Crippen LogP contribution < -0.4 is 15.7 Å². The van der Waals surface area contributed by atoms with Gasteiger partial charge in [-0.2, -0.15) is 4.68 Å². The molecular formula is C22H21ClN4O5. The molecule has 10 heteroatoms. The fraction of sp³-hybridized carbons (Fsp3) is 0.273. The molecular weight excluding hydrogens is 436 g/mol. The summed E-state index contributed by atoms with van der Waals surface area (Å²) in [6, 6.07) is 8.11. The van der Waals surface area contributed by atoms with Crippen molar-refractivity contribution < 1.29 is 19.4 Å². The van der Waals surface area contributed by atoms with Crippen LogP contribution in [0.4, 0.5) is 0 Å². The van der Waals surface area contributed by atoms with Gasteiger partial charge in [-0.25, -0.2) is 9.59 Å². The first kappa shape index (κ1) is 21.6. The number of rotatable bonds is 7. The molecule has 2 aromatic carbocycles. The van der Waals surface area contributed by atoms with Crippen molar-refractivity contribution in [2.45, 2.75) is 26.3 Å². The van der Waals surface area contributed by atoms with Crippen molar-refractivity contribution in [1.82, 2.24) is 20.1 Å². The van der Waals surface area contributed by atoms with Crippen molar-refractivity contribution in [3.05, 3.63) is 62.5 Å². The summed E-state index contributed by atoms with van der Waals surface area (Å²) in [4.78, 5) is 38.7. The molecule has 0 aliphatic heterocycles. The van der Waals surface area contributed by atoms with Gasteiger partial charge in [-0.1, -0.05) is 17.7 Å². The fourth-order valence-corrected chi connectivity index (χ4v) is 3.70. The second-order valence-corrected chi connectivity index (χ2v) is 8.00. The van der Waals surface area contributed by atoms with Crippen LogP contribution in [0.3, 0.4) is 0 Å². The van der Waals surface area contributed by atoms with Crippen LogP contribution >= 0.6 is 11.6 Å². The molecule has 1 aromatic heterocycles. The van der Waals surface area contributed by atoms with Crippen molar-refractivity contribution in [1.29, 1.82) is 0 Å². The summed E-state index contributed by atoms with van der Waals surface area (Å²) in [5, 5.41) is 17.0. The third-order valence-corrected chi connectivity index (χ3v) is 5.69. The summed E-state index contributed by atoms with van der Waals surface area (Å²) in [5.74, 6) is -0.590. The number of aromatic carboxylic acids is 1. The van der Waals surface area contributed by atoms with Crippen LogP contribution in [0, 0.1) is 12.8 Å². The van der Waals surface area contributed by atoms with E-state index in [-0.39, 0.29) is 29.0 Å². The Morgan fingerprint density at radius 1 is 1.31 bits per heavy atom. The highest BCUT2D eigenvalue weighted by Crippen LogP contribution is 2.31. The molecule has 0 saturated heterocycles. The lowest BCUT2D eigenvalue weighted by Gasteiger charge is -2.12. The number of hydrogen-bond acceptors (Lipinski definition) is 5. The first-order chi connectivity index (χ1) is 15.3. The van der Waals surface area contributed by atoms with E-state index in [1.165, 1.54) is 19.2 Å². The molecule has 9 nitrogen and oxygen atoms in total. The van der Waals surface area contributed by atoms with E-state index in [2.05, 4.69) is 15.4 Å². The Hall–Kier alpha value is -3.59. The Kier molecular flexibility index (Phi) is 5.75. The monoisotopic (exact) mass is 456 g/mol. The number of carbonyl (C=O) groups excluding carboxylic acids is 1. The lowest BCUT2D eigenvalue weighted by Crippen LogP contribution is -2.24. The van der Waals surface area contributed by atoms with Gasteiger partial charge in [0.2, 0.25) is 5.91 Å². The minimum atomic E-state index is -1.14. The highest BCUT2D eigenvalue weighted by Gasteiger charge is 2.29. The SMILES string of the molecule is COc1c(C(=O)O)ccc(-n2nc(-c3cc(CNC(=O)C4CC4)ccc3Cl)[nH]c2=O)c1C. The number of benzene rings is 2. The number of nitrogens with zero attached hydrogens (tertiary/aromatic N) is 2. The van der Waals surface area contributed by atoms with E-state index in [0.717, 1.165) is 23.1 Å². The third kappa shape index (κ3) is 4.11. The summed E-state index contributed by atoms with van der Waals surface area (Å²) in [6.45, 7) is 1.99. The maximum absolute atomic E-state index is 12.7. The quantitative estimate of drug-likeness (QED) is 0.501. The average molecular weight is 457 g/mol. The predicted octanol–water partition coefficient (Wildman–Crippen LogP) is 2.92. The molecule has 1 fully saturated rings. The van der Waals surface area contributed by atoms with E-state index in [1.54, 1.807) is 25.1 Å². The molecule has 1 aliphatic carbocycles. The van der Waals surface area contributed by atoms with E-state index < -0.39 is 11.7 Å². The van der Waals surface area contributed by atoms with Crippen LogP contribution in [-0.2, 0) is 11.3 Å². The number of ether oxygens (including phenoxy) is 1. The van der Waals surface area contributed by atoms with Crippen molar-refractivity contribution in [2.75, 3.05) is 7.11 Å². The van der Waals surface area contributed by atoms with Gasteiger partial charge in [-0.05, 0) is 49.6 Å². The minimum absolute atomic E-state index is 0.0125. The maximum atomic E-state index is 12.7. The van der Waals surface area contributed by atoms with E-state index in [9.17, 15) is 19.5 Å². The summed E-state index contributed by atoms with van der Waals surface area (Å²) >= 11 is 6.35. The molecule has 1 aliphatic rings. The zero-order valence-electron chi connectivity index (χ0n) is 17.4. The number of amides is 1. The molecule has 1 amide bonds. The van der Waals surface area contributed by atoms with Crippen LogP contribution in [0.5, 0.6) is 5.75 Å². The number of carboxylic acid groups (broad SMARTS) is 1. The Bertz CT molecular complexity index is 1280. The third-order valence-electron chi connectivity index (χ3n) is 5.36. The van der Waals surface area contributed by atoms with E-state index >= 15 is 0 Å².